The van der Waals surface area contributed by atoms with Crippen LogP contribution >= 0.6 is 0 Å². The monoisotopic (exact) mass is 389 g/mol. The molecule has 10 nitrogen and oxygen atoms in total. The van der Waals surface area contributed by atoms with Crippen molar-refractivity contribution in [1.29, 1.82) is 0 Å². The smallest absolute Gasteiger partial charge is 0.278 e. The predicted octanol–water partition coefficient (Wildman–Crippen LogP) is 1.90. The highest BCUT2D eigenvalue weighted by molar-refractivity contribution is 6.05. The summed E-state index contributed by atoms with van der Waals surface area (Å²) in [4.78, 5) is 24.6. The molecule has 4 N–H and O–H groups in total. The van der Waals surface area contributed by atoms with Crippen LogP contribution in [-0.2, 0) is 13.0 Å². The van der Waals surface area contributed by atoms with E-state index < -0.39 is 5.91 Å². The Labute approximate surface area is 166 Å². The number of nitrogen functional groups attached to an aromatic ring is 1. The van der Waals surface area contributed by atoms with Crippen LogP contribution in [0, 0.1) is 0 Å². The van der Waals surface area contributed by atoms with Crippen molar-refractivity contribution < 1.29 is 4.79 Å². The summed E-state index contributed by atoms with van der Waals surface area (Å²) in [5.41, 5.74) is 8.26. The number of hydrogen-bond acceptors (Lipinski definition) is 7. The van der Waals surface area contributed by atoms with Gasteiger partial charge in [0.15, 0.2) is 17.3 Å². The van der Waals surface area contributed by atoms with Gasteiger partial charge in [-0.1, -0.05) is 25.1 Å². The highest BCUT2D eigenvalue weighted by atomic mass is 16.1. The van der Waals surface area contributed by atoms with Crippen LogP contribution in [0.3, 0.4) is 0 Å². The zero-order valence-electron chi connectivity index (χ0n) is 15.7. The number of benzene rings is 1. The zero-order valence-corrected chi connectivity index (χ0v) is 15.7. The summed E-state index contributed by atoms with van der Waals surface area (Å²) in [7, 11) is 0. The Morgan fingerprint density at radius 3 is 2.93 bits per heavy atom. The predicted molar refractivity (Wildman–Crippen MR) is 107 cm³/mol. The van der Waals surface area contributed by atoms with Crippen LogP contribution in [-0.4, -0.2) is 40.8 Å². The molecule has 0 aliphatic heterocycles. The molecule has 0 radical (unpaired) electrons. The number of nitrogens with one attached hydrogen (secondary N) is 2. The van der Waals surface area contributed by atoms with Crippen molar-refractivity contribution in [1.82, 2.24) is 34.9 Å². The minimum absolute atomic E-state index is 0.0749. The van der Waals surface area contributed by atoms with Crippen molar-refractivity contribution in [2.24, 2.45) is 0 Å². The quantitative estimate of drug-likeness (QED) is 0.457. The third-order valence-corrected chi connectivity index (χ3v) is 4.23. The molecule has 1 amide bonds. The van der Waals surface area contributed by atoms with Gasteiger partial charge in [-0.3, -0.25) is 14.6 Å². The fraction of sp³-hybridized carbons (Fsp3) is 0.158. The van der Waals surface area contributed by atoms with Gasteiger partial charge in [0, 0.05) is 30.6 Å². The van der Waals surface area contributed by atoms with E-state index in [4.69, 9.17) is 5.73 Å². The normalized spacial score (nSPS) is 10.8. The standard InChI is InChI=1S/C19H19N9O/c1-2-15-25-18(27-26-15)13-5-3-4-12(8-13)10-28-11-14(9-23-28)24-19(29)16-17(20)22-7-6-21-16/h3-9,11H,2,10H2,1H3,(H2,20,22)(H,24,29)(H,25,26,27). The molecule has 146 valence electrons. The van der Waals surface area contributed by atoms with E-state index in [1.807, 2.05) is 31.2 Å². The van der Waals surface area contributed by atoms with Crippen molar-refractivity contribution >= 4 is 17.4 Å². The second kappa shape index (κ2) is 7.89. The Kier molecular flexibility index (Phi) is 4.97. The molecule has 10 heteroatoms. The molecule has 0 unspecified atom stereocenters. The Hall–Kier alpha value is -4.08. The SMILES string of the molecule is CCc1nc(-c2cccc(Cn3cc(NC(=O)c4nccnc4N)cn3)c2)n[nH]1. The van der Waals surface area contributed by atoms with E-state index in [1.165, 1.54) is 12.4 Å². The zero-order chi connectivity index (χ0) is 20.2. The maximum Gasteiger partial charge on any atom is 0.278 e. The van der Waals surface area contributed by atoms with E-state index in [0.717, 1.165) is 23.4 Å². The molecular formula is C19H19N9O. The van der Waals surface area contributed by atoms with Gasteiger partial charge < -0.3 is 11.1 Å². The summed E-state index contributed by atoms with van der Waals surface area (Å²) in [6.07, 6.45) is 6.95. The second-order valence-electron chi connectivity index (χ2n) is 6.33. The first-order valence-corrected chi connectivity index (χ1v) is 9.03. The lowest BCUT2D eigenvalue weighted by molar-refractivity contribution is 0.102. The first kappa shape index (κ1) is 18.3. The van der Waals surface area contributed by atoms with Crippen molar-refractivity contribution in [2.75, 3.05) is 11.1 Å². The second-order valence-corrected chi connectivity index (χ2v) is 6.33. The molecule has 0 saturated carbocycles. The molecule has 0 atom stereocenters. The molecule has 29 heavy (non-hydrogen) atoms. The van der Waals surface area contributed by atoms with E-state index in [1.54, 1.807) is 17.1 Å². The van der Waals surface area contributed by atoms with Crippen LogP contribution in [0.5, 0.6) is 0 Å². The summed E-state index contributed by atoms with van der Waals surface area (Å²) in [5, 5.41) is 14.2. The number of carbonyl (C=O) groups is 1. The molecule has 0 saturated heterocycles. The van der Waals surface area contributed by atoms with Gasteiger partial charge in [-0.25, -0.2) is 15.0 Å². The lowest BCUT2D eigenvalue weighted by Crippen LogP contribution is -2.16. The third-order valence-electron chi connectivity index (χ3n) is 4.23. The number of amides is 1. The molecule has 0 aliphatic rings. The van der Waals surface area contributed by atoms with Crippen LogP contribution < -0.4 is 11.1 Å². The summed E-state index contributed by atoms with van der Waals surface area (Å²) in [6.45, 7) is 2.55. The molecule has 0 bridgehead atoms. The van der Waals surface area contributed by atoms with Crippen LogP contribution in [0.25, 0.3) is 11.4 Å². The van der Waals surface area contributed by atoms with Gasteiger partial charge in [-0.2, -0.15) is 10.2 Å². The van der Waals surface area contributed by atoms with Crippen molar-refractivity contribution in [3.8, 4) is 11.4 Å². The lowest BCUT2D eigenvalue weighted by Gasteiger charge is -2.04. The van der Waals surface area contributed by atoms with Gasteiger partial charge in [0.1, 0.15) is 5.82 Å². The van der Waals surface area contributed by atoms with Gasteiger partial charge in [-0.05, 0) is 11.6 Å². The first-order valence-electron chi connectivity index (χ1n) is 9.03. The maximum atomic E-state index is 12.3. The number of nitrogens with zero attached hydrogens (tertiary/aromatic N) is 6. The van der Waals surface area contributed by atoms with Crippen LogP contribution in [0.2, 0.25) is 0 Å². The van der Waals surface area contributed by atoms with Gasteiger partial charge in [-0.15, -0.1) is 0 Å². The maximum absolute atomic E-state index is 12.3. The van der Waals surface area contributed by atoms with E-state index in [2.05, 4.69) is 35.6 Å². The molecule has 0 fully saturated rings. The average Bonchev–Trinajstić information content (AvgIpc) is 3.38. The van der Waals surface area contributed by atoms with E-state index in [-0.39, 0.29) is 11.5 Å². The number of hydrogen-bond donors (Lipinski definition) is 3. The summed E-state index contributed by atoms with van der Waals surface area (Å²) >= 11 is 0. The average molecular weight is 389 g/mol. The highest BCUT2D eigenvalue weighted by Crippen LogP contribution is 2.18. The Bertz CT molecular complexity index is 1150. The number of nitrogens with two attached hydrogens (primary N) is 1. The van der Waals surface area contributed by atoms with Gasteiger partial charge in [0.2, 0.25) is 0 Å². The first-order chi connectivity index (χ1) is 14.1. The number of H-pyrrole nitrogens is 1. The third kappa shape index (κ3) is 4.10. The fourth-order valence-electron chi connectivity index (χ4n) is 2.81. The van der Waals surface area contributed by atoms with Crippen LogP contribution in [0.4, 0.5) is 11.5 Å². The summed E-state index contributed by atoms with van der Waals surface area (Å²) in [6, 6.07) is 7.93. The molecule has 3 aromatic heterocycles. The number of anilines is 2. The number of rotatable bonds is 6. The molecular weight excluding hydrogens is 370 g/mol. The van der Waals surface area contributed by atoms with Crippen molar-refractivity contribution in [3.05, 3.63) is 66.1 Å². The molecule has 0 spiro atoms. The van der Waals surface area contributed by atoms with Gasteiger partial charge in [0.05, 0.1) is 18.4 Å². The topological polar surface area (TPSA) is 140 Å². The molecule has 4 aromatic rings. The largest absolute Gasteiger partial charge is 0.382 e. The number of aryl methyl sites for hydroxylation is 1. The Balaban J connectivity index is 1.46. The minimum Gasteiger partial charge on any atom is -0.382 e. The Morgan fingerprint density at radius 1 is 1.28 bits per heavy atom. The highest BCUT2D eigenvalue weighted by Gasteiger charge is 2.13. The lowest BCUT2D eigenvalue weighted by atomic mass is 10.1. The van der Waals surface area contributed by atoms with Gasteiger partial charge >= 0.3 is 0 Å². The molecule has 0 aliphatic carbocycles. The van der Waals surface area contributed by atoms with Crippen molar-refractivity contribution in [3.63, 3.8) is 0 Å². The van der Waals surface area contributed by atoms with Crippen LogP contribution in [0.15, 0.2) is 49.1 Å². The van der Waals surface area contributed by atoms with E-state index in [0.29, 0.717) is 18.1 Å². The summed E-state index contributed by atoms with van der Waals surface area (Å²) < 4.78 is 1.73. The minimum atomic E-state index is -0.437. The molecule has 4 rings (SSSR count). The van der Waals surface area contributed by atoms with Crippen LogP contribution in [0.1, 0.15) is 28.8 Å². The van der Waals surface area contributed by atoms with Crippen molar-refractivity contribution in [2.45, 2.75) is 19.9 Å². The number of aromatic amines is 1. The fourth-order valence-corrected chi connectivity index (χ4v) is 2.81. The van der Waals surface area contributed by atoms with Gasteiger partial charge in [0.25, 0.3) is 5.91 Å². The Morgan fingerprint density at radius 2 is 2.14 bits per heavy atom. The van der Waals surface area contributed by atoms with E-state index >= 15 is 0 Å². The van der Waals surface area contributed by atoms with E-state index in [9.17, 15) is 4.79 Å². The summed E-state index contributed by atoms with van der Waals surface area (Å²) in [5.74, 6) is 1.15. The molecule has 1 aromatic carbocycles. The number of aromatic nitrogens is 7. The molecule has 3 heterocycles. The number of carbonyl (C=O) groups excluding carboxylic acids is 1.